The Kier molecular flexibility index (Phi) is 8.31. The highest BCUT2D eigenvalue weighted by Gasteiger charge is 2.37. The lowest BCUT2D eigenvalue weighted by molar-refractivity contribution is -0.137. The summed E-state index contributed by atoms with van der Waals surface area (Å²) in [7, 11) is 0. The van der Waals surface area contributed by atoms with E-state index >= 15 is 0 Å². The molecule has 0 spiro atoms. The van der Waals surface area contributed by atoms with Gasteiger partial charge in [-0.2, -0.15) is 18.4 Å². The van der Waals surface area contributed by atoms with Crippen LogP contribution in [0.25, 0.3) is 10.2 Å². The van der Waals surface area contributed by atoms with E-state index in [1.54, 1.807) is 19.1 Å². The van der Waals surface area contributed by atoms with Crippen LogP contribution in [0.15, 0.2) is 87.1 Å². The van der Waals surface area contributed by atoms with Crippen LogP contribution in [-0.4, -0.2) is 22.6 Å². The fourth-order valence-corrected chi connectivity index (χ4v) is 6.21. The molecule has 0 saturated heterocycles. The lowest BCUT2D eigenvalue weighted by atomic mass is 9.85. The van der Waals surface area contributed by atoms with E-state index in [4.69, 9.17) is 16.0 Å². The van der Waals surface area contributed by atoms with Gasteiger partial charge in [0, 0.05) is 5.70 Å². The van der Waals surface area contributed by atoms with Crippen LogP contribution in [0.4, 0.5) is 24.0 Å². The van der Waals surface area contributed by atoms with Crippen molar-refractivity contribution >= 4 is 67.5 Å². The molecule has 8 nitrogen and oxygen atoms in total. The molecular formula is C28H19ClF3N5O3S2. The number of hydrogen-bond acceptors (Lipinski definition) is 8. The predicted molar refractivity (Wildman–Crippen MR) is 156 cm³/mol. The van der Waals surface area contributed by atoms with Gasteiger partial charge in [0.25, 0.3) is 5.91 Å². The van der Waals surface area contributed by atoms with Gasteiger partial charge in [-0.3, -0.25) is 9.59 Å². The Bertz CT molecular complexity index is 1760. The van der Waals surface area contributed by atoms with Crippen LogP contribution in [0.1, 0.15) is 24.2 Å². The number of thioether (sulfide) groups is 1. The van der Waals surface area contributed by atoms with Gasteiger partial charge < -0.3 is 20.4 Å². The smallest absolute Gasteiger partial charge is 0.416 e. The summed E-state index contributed by atoms with van der Waals surface area (Å²) in [6, 6.07) is 15.3. The van der Waals surface area contributed by atoms with Crippen molar-refractivity contribution in [2.45, 2.75) is 19.0 Å². The zero-order valence-electron chi connectivity index (χ0n) is 21.5. The molecular weight excluding hydrogens is 611 g/mol. The fourth-order valence-electron chi connectivity index (χ4n) is 4.27. The molecule has 4 aromatic rings. The average molecular weight is 630 g/mol. The number of nitrogens with zero attached hydrogens (tertiary/aromatic N) is 2. The molecule has 2 amide bonds. The fraction of sp³-hybridized carbons (Fsp3) is 0.143. The maximum Gasteiger partial charge on any atom is 0.416 e. The highest BCUT2D eigenvalue weighted by Crippen LogP contribution is 2.42. The first-order chi connectivity index (χ1) is 20.0. The van der Waals surface area contributed by atoms with Crippen LogP contribution in [0.2, 0.25) is 5.02 Å². The van der Waals surface area contributed by atoms with Crippen LogP contribution in [0.3, 0.4) is 0 Å². The molecule has 0 bridgehead atoms. The van der Waals surface area contributed by atoms with Crippen molar-refractivity contribution < 1.29 is 27.2 Å². The number of dihydropyridines is 1. The summed E-state index contributed by atoms with van der Waals surface area (Å²) < 4.78 is 46.3. The molecule has 1 aliphatic heterocycles. The summed E-state index contributed by atoms with van der Waals surface area (Å²) in [6.07, 6.45) is -3.27. The van der Waals surface area contributed by atoms with Crippen LogP contribution in [0, 0.1) is 11.3 Å². The summed E-state index contributed by atoms with van der Waals surface area (Å²) in [5, 5.41) is 19.0. The number of halogens is 4. The standard InChI is InChI=1S/C28H19ClF3N5O3S2/c1-14-23(25(39)35-19-11-15(28(30,31)32)8-9-17(19)29)24(20-6-4-10-40-20)16(12-33)26(34-14)41-13-22(38)37-27-36-18-5-2-3-7-21(18)42-27/h2-11,24,34H,13H2,1H3,(H,35,39)(H,36,37,38)/t24-/m1/s1. The summed E-state index contributed by atoms with van der Waals surface area (Å²) in [5.41, 5.74) is -0.0352. The summed E-state index contributed by atoms with van der Waals surface area (Å²) in [6.45, 7) is 1.58. The summed E-state index contributed by atoms with van der Waals surface area (Å²) in [5.74, 6) is -1.98. The highest BCUT2D eigenvalue weighted by molar-refractivity contribution is 8.03. The molecule has 214 valence electrons. The lowest BCUT2D eigenvalue weighted by Crippen LogP contribution is -2.31. The Balaban J connectivity index is 1.39. The molecule has 42 heavy (non-hydrogen) atoms. The normalized spacial score (nSPS) is 15.4. The molecule has 0 radical (unpaired) electrons. The molecule has 1 atom stereocenters. The number of carbonyl (C=O) groups is 2. The van der Waals surface area contributed by atoms with Crippen molar-refractivity contribution in [3.63, 3.8) is 0 Å². The van der Waals surface area contributed by atoms with Gasteiger partial charge in [-0.25, -0.2) is 4.98 Å². The molecule has 0 saturated carbocycles. The number of carbonyl (C=O) groups excluding carboxylic acids is 2. The number of fused-ring (bicyclic) bond motifs is 1. The SMILES string of the molecule is CC1=C(C(=O)Nc2cc(C(F)(F)F)ccc2Cl)[C@@H](c2ccco2)C(C#N)=C(SCC(=O)Nc2nc3ccccc3s2)N1. The minimum atomic E-state index is -4.65. The Morgan fingerprint density at radius 1 is 1.19 bits per heavy atom. The molecule has 3 heterocycles. The third-order valence-electron chi connectivity index (χ3n) is 6.15. The highest BCUT2D eigenvalue weighted by atomic mass is 35.5. The number of allylic oxidation sites excluding steroid dienone is 2. The maximum absolute atomic E-state index is 13.5. The number of alkyl halides is 3. The van der Waals surface area contributed by atoms with E-state index in [0.717, 1.165) is 40.2 Å². The first kappa shape index (κ1) is 29.2. The second-order valence-corrected chi connectivity index (χ2v) is 11.4. The van der Waals surface area contributed by atoms with Crippen molar-refractivity contribution in [3.8, 4) is 6.07 Å². The quantitative estimate of drug-likeness (QED) is 0.197. The molecule has 14 heteroatoms. The predicted octanol–water partition coefficient (Wildman–Crippen LogP) is 7.27. The van der Waals surface area contributed by atoms with Gasteiger partial charge in [0.1, 0.15) is 5.76 Å². The molecule has 2 aromatic carbocycles. The Hall–Kier alpha value is -4.25. The minimum Gasteiger partial charge on any atom is -0.468 e. The van der Waals surface area contributed by atoms with E-state index in [9.17, 15) is 28.0 Å². The largest absolute Gasteiger partial charge is 0.468 e. The first-order valence-electron chi connectivity index (χ1n) is 12.2. The third kappa shape index (κ3) is 6.15. The number of nitriles is 1. The Labute approximate surface area is 250 Å². The van der Waals surface area contributed by atoms with E-state index in [1.165, 1.54) is 17.6 Å². The van der Waals surface area contributed by atoms with Gasteiger partial charge >= 0.3 is 6.18 Å². The zero-order chi connectivity index (χ0) is 30.0. The number of furan rings is 1. The van der Waals surface area contributed by atoms with Crippen LogP contribution < -0.4 is 16.0 Å². The second kappa shape index (κ2) is 11.9. The molecule has 0 unspecified atom stereocenters. The molecule has 3 N–H and O–H groups in total. The van der Waals surface area contributed by atoms with Gasteiger partial charge in [-0.1, -0.05) is 46.8 Å². The lowest BCUT2D eigenvalue weighted by Gasteiger charge is -2.28. The number of anilines is 2. The molecule has 0 fully saturated rings. The monoisotopic (exact) mass is 629 g/mol. The van der Waals surface area contributed by atoms with Crippen LogP contribution >= 0.6 is 34.7 Å². The number of para-hydroxylation sites is 1. The van der Waals surface area contributed by atoms with Crippen LogP contribution in [0.5, 0.6) is 0 Å². The Morgan fingerprint density at radius 3 is 2.67 bits per heavy atom. The van der Waals surface area contributed by atoms with Crippen molar-refractivity contribution in [3.05, 3.63) is 99.1 Å². The molecule has 0 aliphatic carbocycles. The second-order valence-electron chi connectivity index (χ2n) is 8.94. The number of hydrogen-bond donors (Lipinski definition) is 3. The number of aromatic nitrogens is 1. The number of benzene rings is 2. The van der Waals surface area contributed by atoms with Gasteiger partial charge in [-0.15, -0.1) is 0 Å². The number of thiazole rings is 1. The van der Waals surface area contributed by atoms with Crippen molar-refractivity contribution in [2.75, 3.05) is 16.4 Å². The van der Waals surface area contributed by atoms with Gasteiger partial charge in [0.05, 0.1) is 66.7 Å². The summed E-state index contributed by atoms with van der Waals surface area (Å²) >= 11 is 8.47. The first-order valence-corrected chi connectivity index (χ1v) is 14.3. The van der Waals surface area contributed by atoms with E-state index in [0.29, 0.717) is 15.9 Å². The van der Waals surface area contributed by atoms with E-state index in [-0.39, 0.29) is 39.3 Å². The van der Waals surface area contributed by atoms with E-state index in [1.807, 2.05) is 24.3 Å². The van der Waals surface area contributed by atoms with E-state index in [2.05, 4.69) is 27.0 Å². The van der Waals surface area contributed by atoms with E-state index < -0.39 is 23.6 Å². The molecule has 1 aliphatic rings. The average Bonchev–Trinajstić information content (AvgIpc) is 3.61. The topological polar surface area (TPSA) is 120 Å². The number of amides is 2. The van der Waals surface area contributed by atoms with Gasteiger partial charge in [0.15, 0.2) is 5.13 Å². The van der Waals surface area contributed by atoms with Crippen molar-refractivity contribution in [1.29, 1.82) is 5.26 Å². The van der Waals surface area contributed by atoms with Crippen LogP contribution in [-0.2, 0) is 15.8 Å². The number of rotatable bonds is 7. The van der Waals surface area contributed by atoms with Gasteiger partial charge in [0.2, 0.25) is 5.91 Å². The van der Waals surface area contributed by atoms with Crippen molar-refractivity contribution in [1.82, 2.24) is 10.3 Å². The Morgan fingerprint density at radius 2 is 1.98 bits per heavy atom. The third-order valence-corrected chi connectivity index (χ3v) is 8.45. The van der Waals surface area contributed by atoms with Crippen molar-refractivity contribution in [2.24, 2.45) is 0 Å². The van der Waals surface area contributed by atoms with Gasteiger partial charge in [-0.05, 0) is 49.4 Å². The molecule has 5 rings (SSSR count). The maximum atomic E-state index is 13.5. The summed E-state index contributed by atoms with van der Waals surface area (Å²) in [4.78, 5) is 30.6. The number of nitrogens with one attached hydrogen (secondary N) is 3. The zero-order valence-corrected chi connectivity index (χ0v) is 23.9. The molecule has 2 aromatic heterocycles. The minimum absolute atomic E-state index is 0.0401.